The zero-order chi connectivity index (χ0) is 15.0. The fraction of sp³-hybridized carbons (Fsp3) is 0.562. The van der Waals surface area contributed by atoms with Crippen LogP contribution in [0.15, 0.2) is 18.2 Å². The lowest BCUT2D eigenvalue weighted by Gasteiger charge is -2.50. The predicted molar refractivity (Wildman–Crippen MR) is 83.9 cm³/mol. The quantitative estimate of drug-likeness (QED) is 0.828. The molecule has 0 radical (unpaired) electrons. The molecule has 0 N–H and O–H groups in total. The molecule has 1 aliphatic carbocycles. The standard InChI is InChI=1S/C16H19Cl2NO2/c1-11-9-21-16(3-2-4-16)10-19(11)15(20)7-12-5-13(17)8-14(18)6-12/h5-6,8,11H,2-4,7,9-10H2,1H3. The van der Waals surface area contributed by atoms with Crippen molar-refractivity contribution in [2.45, 2.75) is 44.2 Å². The normalized spacial score (nSPS) is 24.0. The summed E-state index contributed by atoms with van der Waals surface area (Å²) < 4.78 is 5.95. The SMILES string of the molecule is CC1COC2(CCC2)CN1C(=O)Cc1cc(Cl)cc(Cl)c1. The van der Waals surface area contributed by atoms with Gasteiger partial charge >= 0.3 is 0 Å². The number of amides is 1. The number of nitrogens with zero attached hydrogens (tertiary/aromatic N) is 1. The maximum absolute atomic E-state index is 12.6. The largest absolute Gasteiger partial charge is 0.371 e. The molecule has 1 spiro atoms. The fourth-order valence-electron chi connectivity index (χ4n) is 3.10. The Kier molecular flexibility index (Phi) is 4.17. The highest BCUT2D eigenvalue weighted by Gasteiger charge is 2.45. The summed E-state index contributed by atoms with van der Waals surface area (Å²) in [5.41, 5.74) is 0.785. The lowest BCUT2D eigenvalue weighted by Crippen LogP contribution is -2.60. The van der Waals surface area contributed by atoms with Crippen LogP contribution in [0, 0.1) is 0 Å². The molecule has 1 aromatic rings. The summed E-state index contributed by atoms with van der Waals surface area (Å²) in [6.45, 7) is 3.37. The molecule has 1 heterocycles. The van der Waals surface area contributed by atoms with Gasteiger partial charge < -0.3 is 9.64 Å². The van der Waals surface area contributed by atoms with Crippen LogP contribution in [-0.2, 0) is 16.0 Å². The van der Waals surface area contributed by atoms with Crippen molar-refractivity contribution in [1.29, 1.82) is 0 Å². The molecule has 1 atom stereocenters. The summed E-state index contributed by atoms with van der Waals surface area (Å²) in [5.74, 6) is 0.121. The summed E-state index contributed by atoms with van der Waals surface area (Å²) in [7, 11) is 0. The second kappa shape index (κ2) is 5.79. The lowest BCUT2D eigenvalue weighted by molar-refractivity contribution is -0.179. The average Bonchev–Trinajstić information content (AvgIpc) is 2.36. The van der Waals surface area contributed by atoms with Crippen LogP contribution >= 0.6 is 23.2 Å². The van der Waals surface area contributed by atoms with E-state index in [1.807, 2.05) is 11.8 Å². The summed E-state index contributed by atoms with van der Waals surface area (Å²) in [6, 6.07) is 5.40. The molecule has 21 heavy (non-hydrogen) atoms. The van der Waals surface area contributed by atoms with E-state index < -0.39 is 0 Å². The van der Waals surface area contributed by atoms with Crippen molar-refractivity contribution in [2.24, 2.45) is 0 Å². The van der Waals surface area contributed by atoms with E-state index in [2.05, 4.69) is 0 Å². The van der Waals surface area contributed by atoms with E-state index in [9.17, 15) is 4.79 Å². The molecular weight excluding hydrogens is 309 g/mol. The van der Waals surface area contributed by atoms with Crippen LogP contribution in [-0.4, -0.2) is 35.6 Å². The summed E-state index contributed by atoms with van der Waals surface area (Å²) in [6.07, 6.45) is 3.65. The first kappa shape index (κ1) is 15.1. The minimum Gasteiger partial charge on any atom is -0.371 e. The van der Waals surface area contributed by atoms with Gasteiger partial charge in [-0.05, 0) is 49.9 Å². The highest BCUT2D eigenvalue weighted by Crippen LogP contribution is 2.39. The number of hydrogen-bond acceptors (Lipinski definition) is 2. The number of ether oxygens (including phenoxy) is 1. The van der Waals surface area contributed by atoms with Crippen LogP contribution in [0.1, 0.15) is 31.7 Å². The van der Waals surface area contributed by atoms with Crippen LogP contribution in [0.5, 0.6) is 0 Å². The van der Waals surface area contributed by atoms with E-state index in [1.54, 1.807) is 18.2 Å². The molecule has 1 unspecified atom stereocenters. The van der Waals surface area contributed by atoms with Gasteiger partial charge in [0, 0.05) is 10.0 Å². The summed E-state index contributed by atoms with van der Waals surface area (Å²) >= 11 is 12.0. The van der Waals surface area contributed by atoms with Gasteiger partial charge in [0.1, 0.15) is 0 Å². The number of carbonyl (C=O) groups excluding carboxylic acids is 1. The Balaban J connectivity index is 1.71. The minimum absolute atomic E-state index is 0.0753. The molecule has 3 nitrogen and oxygen atoms in total. The van der Waals surface area contributed by atoms with Gasteiger partial charge in [-0.15, -0.1) is 0 Å². The summed E-state index contributed by atoms with van der Waals surface area (Å²) in [4.78, 5) is 14.6. The third kappa shape index (κ3) is 3.20. The van der Waals surface area contributed by atoms with Crippen molar-refractivity contribution in [3.05, 3.63) is 33.8 Å². The Labute approximate surface area is 135 Å². The third-order valence-corrected chi connectivity index (χ3v) is 4.92. The van der Waals surface area contributed by atoms with Gasteiger partial charge in [0.15, 0.2) is 0 Å². The van der Waals surface area contributed by atoms with Crippen LogP contribution in [0.3, 0.4) is 0 Å². The second-order valence-electron chi connectivity index (χ2n) is 6.17. The van der Waals surface area contributed by atoms with Crippen LogP contribution in [0.4, 0.5) is 0 Å². The van der Waals surface area contributed by atoms with E-state index in [-0.39, 0.29) is 17.6 Å². The topological polar surface area (TPSA) is 29.5 Å². The number of benzene rings is 1. The van der Waals surface area contributed by atoms with Gasteiger partial charge in [-0.1, -0.05) is 23.2 Å². The van der Waals surface area contributed by atoms with Gasteiger partial charge in [-0.2, -0.15) is 0 Å². The van der Waals surface area contributed by atoms with E-state index in [0.717, 1.165) is 18.4 Å². The monoisotopic (exact) mass is 327 g/mol. The van der Waals surface area contributed by atoms with Crippen molar-refractivity contribution < 1.29 is 9.53 Å². The molecule has 2 aliphatic rings. The molecule has 1 aromatic carbocycles. The maximum atomic E-state index is 12.6. The van der Waals surface area contributed by atoms with Gasteiger partial charge in [0.25, 0.3) is 0 Å². The lowest BCUT2D eigenvalue weighted by atomic mass is 9.78. The van der Waals surface area contributed by atoms with Crippen molar-refractivity contribution in [2.75, 3.05) is 13.2 Å². The zero-order valence-corrected chi connectivity index (χ0v) is 13.6. The molecule has 0 bridgehead atoms. The number of carbonyl (C=O) groups is 1. The molecule has 114 valence electrons. The maximum Gasteiger partial charge on any atom is 0.227 e. The summed E-state index contributed by atoms with van der Waals surface area (Å²) in [5, 5.41) is 1.13. The third-order valence-electron chi connectivity index (χ3n) is 4.48. The van der Waals surface area contributed by atoms with E-state index in [4.69, 9.17) is 27.9 Å². The van der Waals surface area contributed by atoms with Crippen molar-refractivity contribution in [3.63, 3.8) is 0 Å². The minimum atomic E-state index is -0.0753. The van der Waals surface area contributed by atoms with Crippen molar-refractivity contribution in [3.8, 4) is 0 Å². The molecular formula is C16H19Cl2NO2. The van der Waals surface area contributed by atoms with E-state index in [0.29, 0.717) is 29.6 Å². The van der Waals surface area contributed by atoms with Crippen LogP contribution < -0.4 is 0 Å². The molecule has 1 saturated carbocycles. The molecule has 1 aliphatic heterocycles. The van der Waals surface area contributed by atoms with E-state index >= 15 is 0 Å². The Morgan fingerprint density at radius 2 is 2.00 bits per heavy atom. The van der Waals surface area contributed by atoms with Gasteiger partial charge in [-0.3, -0.25) is 4.79 Å². The van der Waals surface area contributed by atoms with Crippen LogP contribution in [0.25, 0.3) is 0 Å². The fourth-order valence-corrected chi connectivity index (χ4v) is 3.67. The smallest absolute Gasteiger partial charge is 0.227 e. The first-order valence-corrected chi connectivity index (χ1v) is 8.11. The van der Waals surface area contributed by atoms with Gasteiger partial charge in [-0.25, -0.2) is 0 Å². The Bertz CT molecular complexity index is 537. The van der Waals surface area contributed by atoms with Crippen LogP contribution in [0.2, 0.25) is 10.0 Å². The predicted octanol–water partition coefficient (Wildman–Crippen LogP) is 3.71. The number of morpholine rings is 1. The average molecular weight is 328 g/mol. The molecule has 2 fully saturated rings. The zero-order valence-electron chi connectivity index (χ0n) is 12.1. The number of hydrogen-bond donors (Lipinski definition) is 0. The molecule has 1 saturated heterocycles. The molecule has 0 aromatic heterocycles. The molecule has 5 heteroatoms. The number of rotatable bonds is 2. The molecule has 3 rings (SSSR count). The first-order valence-electron chi connectivity index (χ1n) is 7.36. The van der Waals surface area contributed by atoms with Crippen molar-refractivity contribution >= 4 is 29.1 Å². The van der Waals surface area contributed by atoms with Gasteiger partial charge in [0.2, 0.25) is 5.91 Å². The van der Waals surface area contributed by atoms with Crippen molar-refractivity contribution in [1.82, 2.24) is 4.90 Å². The van der Waals surface area contributed by atoms with Gasteiger partial charge in [0.05, 0.1) is 31.2 Å². The highest BCUT2D eigenvalue weighted by molar-refractivity contribution is 6.34. The second-order valence-corrected chi connectivity index (χ2v) is 7.05. The number of halogens is 2. The Morgan fingerprint density at radius 3 is 2.57 bits per heavy atom. The van der Waals surface area contributed by atoms with E-state index in [1.165, 1.54) is 6.42 Å². The molecule has 1 amide bonds. The Morgan fingerprint density at radius 1 is 1.33 bits per heavy atom. The highest BCUT2D eigenvalue weighted by atomic mass is 35.5. The Hall–Kier alpha value is -0.770. The first-order chi connectivity index (χ1) is 9.97.